The van der Waals surface area contributed by atoms with Gasteiger partial charge in [-0.3, -0.25) is 0 Å². The van der Waals surface area contributed by atoms with E-state index in [9.17, 15) is 0 Å². The van der Waals surface area contributed by atoms with Crippen LogP contribution in [0.5, 0.6) is 5.75 Å². The van der Waals surface area contributed by atoms with Crippen LogP contribution in [0.15, 0.2) is 12.1 Å². The number of rotatable bonds is 10. The molecule has 0 saturated carbocycles. The topological polar surface area (TPSA) is 44.5 Å². The second-order valence-corrected chi connectivity index (χ2v) is 5.32. The van der Waals surface area contributed by atoms with Crippen molar-refractivity contribution in [2.24, 2.45) is 5.73 Å². The molecule has 1 rings (SSSR count). The minimum absolute atomic E-state index is 0.716. The first-order chi connectivity index (χ1) is 9.66. The number of ether oxygens (including phenoxy) is 2. The Morgan fingerprint density at radius 1 is 0.850 bits per heavy atom. The molecule has 0 bridgehead atoms. The van der Waals surface area contributed by atoms with Gasteiger partial charge in [-0.1, -0.05) is 12.1 Å². The summed E-state index contributed by atoms with van der Waals surface area (Å²) in [6.07, 6.45) is 4.30. The van der Waals surface area contributed by atoms with Crippen molar-refractivity contribution in [3.8, 4) is 5.75 Å². The molecule has 0 aliphatic heterocycles. The highest BCUT2D eigenvalue weighted by molar-refractivity contribution is 5.44. The second-order valence-electron chi connectivity index (χ2n) is 5.32. The zero-order chi connectivity index (χ0) is 14.8. The molecule has 0 amide bonds. The standard InChI is InChI=1S/C17H29NO2/c1-14-8-9-15(2)17(16(14)3)20-13-7-12-19-11-6-4-5-10-18/h8-9H,4-7,10-13,18H2,1-3H3. The smallest absolute Gasteiger partial charge is 0.125 e. The van der Waals surface area contributed by atoms with Crippen molar-refractivity contribution < 1.29 is 9.47 Å². The molecule has 0 spiro atoms. The lowest BCUT2D eigenvalue weighted by Crippen LogP contribution is -2.06. The van der Waals surface area contributed by atoms with E-state index in [0.29, 0.717) is 6.61 Å². The van der Waals surface area contributed by atoms with Crippen LogP contribution in [-0.4, -0.2) is 26.4 Å². The first kappa shape index (κ1) is 17.0. The fourth-order valence-corrected chi connectivity index (χ4v) is 2.11. The van der Waals surface area contributed by atoms with E-state index in [2.05, 4.69) is 32.9 Å². The lowest BCUT2D eigenvalue weighted by molar-refractivity contribution is 0.116. The highest BCUT2D eigenvalue weighted by atomic mass is 16.5. The number of hydrogen-bond donors (Lipinski definition) is 1. The minimum atomic E-state index is 0.716. The van der Waals surface area contributed by atoms with Gasteiger partial charge in [-0.05, 0) is 63.3 Å². The number of hydrogen-bond acceptors (Lipinski definition) is 3. The van der Waals surface area contributed by atoms with E-state index in [1.54, 1.807) is 0 Å². The molecule has 0 aromatic heterocycles. The Morgan fingerprint density at radius 3 is 2.30 bits per heavy atom. The maximum atomic E-state index is 5.90. The molecule has 0 unspecified atom stereocenters. The summed E-state index contributed by atoms with van der Waals surface area (Å²) >= 11 is 0. The third kappa shape index (κ3) is 5.93. The highest BCUT2D eigenvalue weighted by Gasteiger charge is 2.05. The maximum Gasteiger partial charge on any atom is 0.125 e. The van der Waals surface area contributed by atoms with E-state index >= 15 is 0 Å². The minimum Gasteiger partial charge on any atom is -0.493 e. The van der Waals surface area contributed by atoms with Crippen LogP contribution in [0.1, 0.15) is 42.4 Å². The molecular weight excluding hydrogens is 250 g/mol. The van der Waals surface area contributed by atoms with Crippen LogP contribution in [0.4, 0.5) is 0 Å². The molecule has 0 atom stereocenters. The van der Waals surface area contributed by atoms with Crippen LogP contribution in [0.2, 0.25) is 0 Å². The fourth-order valence-electron chi connectivity index (χ4n) is 2.11. The van der Waals surface area contributed by atoms with Crippen molar-refractivity contribution in [2.75, 3.05) is 26.4 Å². The van der Waals surface area contributed by atoms with Crippen LogP contribution in [0.25, 0.3) is 0 Å². The maximum absolute atomic E-state index is 5.90. The molecule has 0 fully saturated rings. The lowest BCUT2D eigenvalue weighted by atomic mass is 10.1. The van der Waals surface area contributed by atoms with Gasteiger partial charge in [0.25, 0.3) is 0 Å². The Labute approximate surface area is 123 Å². The summed E-state index contributed by atoms with van der Waals surface area (Å²) in [4.78, 5) is 0. The molecule has 1 aromatic carbocycles. The number of nitrogens with two attached hydrogens (primary N) is 1. The molecule has 20 heavy (non-hydrogen) atoms. The van der Waals surface area contributed by atoms with Crippen LogP contribution < -0.4 is 10.5 Å². The van der Waals surface area contributed by atoms with E-state index in [4.69, 9.17) is 15.2 Å². The van der Waals surface area contributed by atoms with Gasteiger partial charge >= 0.3 is 0 Å². The van der Waals surface area contributed by atoms with Crippen LogP contribution in [0.3, 0.4) is 0 Å². The average molecular weight is 279 g/mol. The van der Waals surface area contributed by atoms with E-state index in [1.165, 1.54) is 16.7 Å². The lowest BCUT2D eigenvalue weighted by Gasteiger charge is -2.14. The first-order valence-corrected chi connectivity index (χ1v) is 7.64. The van der Waals surface area contributed by atoms with Gasteiger partial charge in [0, 0.05) is 19.6 Å². The first-order valence-electron chi connectivity index (χ1n) is 7.64. The molecule has 2 N–H and O–H groups in total. The van der Waals surface area contributed by atoms with Crippen LogP contribution in [-0.2, 0) is 4.74 Å². The van der Waals surface area contributed by atoms with Gasteiger partial charge < -0.3 is 15.2 Å². The monoisotopic (exact) mass is 279 g/mol. The Balaban J connectivity index is 2.14. The zero-order valence-corrected chi connectivity index (χ0v) is 13.2. The van der Waals surface area contributed by atoms with E-state index in [-0.39, 0.29) is 0 Å². The molecule has 0 heterocycles. The Morgan fingerprint density at radius 2 is 1.55 bits per heavy atom. The van der Waals surface area contributed by atoms with Crippen molar-refractivity contribution >= 4 is 0 Å². The SMILES string of the molecule is Cc1ccc(C)c(OCCCOCCCCCN)c1C. The van der Waals surface area contributed by atoms with Crippen molar-refractivity contribution in [1.82, 2.24) is 0 Å². The zero-order valence-electron chi connectivity index (χ0n) is 13.2. The normalized spacial score (nSPS) is 10.8. The van der Waals surface area contributed by atoms with Gasteiger partial charge in [0.2, 0.25) is 0 Å². The van der Waals surface area contributed by atoms with E-state index in [1.807, 2.05) is 0 Å². The molecule has 0 aliphatic carbocycles. The molecule has 0 saturated heterocycles. The van der Waals surface area contributed by atoms with E-state index < -0.39 is 0 Å². The van der Waals surface area contributed by atoms with Gasteiger partial charge in [0.15, 0.2) is 0 Å². The summed E-state index contributed by atoms with van der Waals surface area (Å²) in [7, 11) is 0. The van der Waals surface area contributed by atoms with Crippen molar-refractivity contribution in [1.29, 1.82) is 0 Å². The van der Waals surface area contributed by atoms with Crippen LogP contribution >= 0.6 is 0 Å². The predicted octanol–water partition coefficient (Wildman–Crippen LogP) is 3.53. The number of benzene rings is 1. The molecule has 114 valence electrons. The molecule has 3 heteroatoms. The second kappa shape index (κ2) is 9.78. The Kier molecular flexibility index (Phi) is 8.31. The summed E-state index contributed by atoms with van der Waals surface area (Å²) in [6, 6.07) is 4.26. The summed E-state index contributed by atoms with van der Waals surface area (Å²) < 4.78 is 11.5. The summed E-state index contributed by atoms with van der Waals surface area (Å²) in [5.41, 5.74) is 9.17. The largest absolute Gasteiger partial charge is 0.493 e. The Bertz CT molecular complexity index is 391. The van der Waals surface area contributed by atoms with Crippen LogP contribution in [0, 0.1) is 20.8 Å². The molecular formula is C17H29NO2. The molecule has 1 aromatic rings. The van der Waals surface area contributed by atoms with E-state index in [0.717, 1.165) is 51.2 Å². The Hall–Kier alpha value is -1.06. The summed E-state index contributed by atoms with van der Waals surface area (Å²) in [5, 5.41) is 0. The van der Waals surface area contributed by atoms with Gasteiger partial charge in [-0.25, -0.2) is 0 Å². The van der Waals surface area contributed by atoms with Crippen molar-refractivity contribution in [3.05, 3.63) is 28.8 Å². The third-order valence-corrected chi connectivity index (χ3v) is 3.55. The van der Waals surface area contributed by atoms with Gasteiger partial charge in [0.05, 0.1) is 6.61 Å². The third-order valence-electron chi connectivity index (χ3n) is 3.55. The highest BCUT2D eigenvalue weighted by Crippen LogP contribution is 2.25. The summed E-state index contributed by atoms with van der Waals surface area (Å²) in [6.45, 7) is 9.43. The fraction of sp³-hybridized carbons (Fsp3) is 0.647. The number of aryl methyl sites for hydroxylation is 2. The average Bonchev–Trinajstić information content (AvgIpc) is 2.44. The number of unbranched alkanes of at least 4 members (excludes halogenated alkanes) is 2. The molecule has 0 radical (unpaired) electrons. The molecule has 0 aliphatic rings. The summed E-state index contributed by atoms with van der Waals surface area (Å²) in [5.74, 6) is 1.04. The van der Waals surface area contributed by atoms with Gasteiger partial charge in [-0.2, -0.15) is 0 Å². The quantitative estimate of drug-likeness (QED) is 0.666. The van der Waals surface area contributed by atoms with Gasteiger partial charge in [0.1, 0.15) is 5.75 Å². The van der Waals surface area contributed by atoms with Crippen molar-refractivity contribution in [3.63, 3.8) is 0 Å². The van der Waals surface area contributed by atoms with Crippen molar-refractivity contribution in [2.45, 2.75) is 46.5 Å². The molecule has 3 nitrogen and oxygen atoms in total. The van der Waals surface area contributed by atoms with Gasteiger partial charge in [-0.15, -0.1) is 0 Å². The predicted molar refractivity (Wildman–Crippen MR) is 84.5 cm³/mol.